The molecular weight excluding hydrogens is 1330 g/mol. The van der Waals surface area contributed by atoms with Crippen LogP contribution in [-0.2, 0) is 96.8 Å². The van der Waals surface area contributed by atoms with Gasteiger partial charge < -0.3 is 91.8 Å². The smallest absolute Gasteiger partial charge is 0.407 e. The van der Waals surface area contributed by atoms with Crippen LogP contribution < -0.4 is 53.8 Å². The molecule has 4 aliphatic heterocycles. The number of cyclic esters (lactones) is 1. The first-order valence-electron chi connectivity index (χ1n) is 33.3. The molecule has 1 saturated heterocycles. The van der Waals surface area contributed by atoms with Gasteiger partial charge in [0, 0.05) is 73.6 Å². The van der Waals surface area contributed by atoms with Crippen LogP contribution in [0.5, 0.6) is 0 Å². The average molecular weight is 1420 g/mol. The molecule has 0 bridgehead atoms. The highest BCUT2D eigenvalue weighted by Gasteiger charge is 2.47. The average Bonchev–Trinajstić information content (AvgIpc) is 1.63. The molecule has 101 heavy (non-hydrogen) atoms. The molecule has 1 aliphatic carbocycles. The maximum atomic E-state index is 15.6. The molecule has 0 spiro atoms. The van der Waals surface area contributed by atoms with E-state index in [-0.39, 0.29) is 75.5 Å². The van der Waals surface area contributed by atoms with Gasteiger partial charge in [-0.3, -0.25) is 52.8 Å². The van der Waals surface area contributed by atoms with Crippen molar-refractivity contribution in [2.75, 3.05) is 39.6 Å². The maximum Gasteiger partial charge on any atom is 0.407 e. The third kappa shape index (κ3) is 18.0. The molecule has 0 radical (unpaired) electrons. The minimum absolute atomic E-state index is 0.0208. The molecule has 0 unspecified atom stereocenters. The number of nitrogens with one attached hydrogen (secondary N) is 8. The van der Waals surface area contributed by atoms with E-state index in [1.807, 2.05) is 0 Å². The number of alkyl carbamates (subject to hydrolysis) is 2. The normalized spacial score (nSPS) is 20.9. The number of esters is 1. The number of carbonyl (C=O) groups excluding carboxylic acids is 12. The van der Waals surface area contributed by atoms with Crippen molar-refractivity contribution in [2.45, 2.75) is 200 Å². The summed E-state index contributed by atoms with van der Waals surface area (Å²) in [5.41, 5.74) is 4.04. The van der Waals surface area contributed by atoms with Crippen LogP contribution in [0.1, 0.15) is 147 Å². The molecule has 33 nitrogen and oxygen atoms in total. The summed E-state index contributed by atoms with van der Waals surface area (Å²) in [5, 5.41) is 53.7. The highest BCUT2D eigenvalue weighted by atomic mass is 19.1. The van der Waals surface area contributed by atoms with Crippen molar-refractivity contribution in [1.29, 1.82) is 0 Å². The van der Waals surface area contributed by atoms with Crippen LogP contribution in [0.15, 0.2) is 29.1 Å². The first kappa shape index (κ1) is 77.2. The zero-order chi connectivity index (χ0) is 74.3. The monoisotopic (exact) mass is 1420 g/mol. The van der Waals surface area contributed by atoms with E-state index in [9.17, 15) is 77.6 Å². The minimum Gasteiger partial charge on any atom is -0.458 e. The summed E-state index contributed by atoms with van der Waals surface area (Å²) in [7, 11) is 0. The molecule has 2 aromatic heterocycles. The second-order valence-electron chi connectivity index (χ2n) is 27.6. The van der Waals surface area contributed by atoms with Crippen molar-refractivity contribution in [3.63, 3.8) is 0 Å². The molecule has 10 atom stereocenters. The van der Waals surface area contributed by atoms with Crippen LogP contribution in [-0.4, -0.2) is 195 Å². The quantitative estimate of drug-likeness (QED) is 0.0103. The van der Waals surface area contributed by atoms with E-state index in [2.05, 4.69) is 42.5 Å². The highest BCUT2D eigenvalue weighted by Crippen LogP contribution is 2.46. The van der Waals surface area contributed by atoms with Gasteiger partial charge in [-0.25, -0.2) is 23.8 Å². The molecule has 3 aromatic rings. The van der Waals surface area contributed by atoms with Crippen molar-refractivity contribution in [1.82, 2.24) is 57.0 Å². The number of hydrogen-bond donors (Lipinski definition) is 12. The second-order valence-corrected chi connectivity index (χ2v) is 27.6. The summed E-state index contributed by atoms with van der Waals surface area (Å²) in [4.78, 5) is 177. The van der Waals surface area contributed by atoms with E-state index in [0.717, 1.165) is 17.1 Å². The predicted octanol–water partition coefficient (Wildman–Crippen LogP) is -0.537. The number of pyridine rings is 2. The lowest BCUT2D eigenvalue weighted by Gasteiger charge is -2.32. The number of ether oxygens (including phenoxy) is 5. The summed E-state index contributed by atoms with van der Waals surface area (Å²) in [6.07, 6.45) is -6.25. The molecule has 0 saturated carbocycles. The van der Waals surface area contributed by atoms with Gasteiger partial charge in [-0.1, -0.05) is 20.8 Å². The fourth-order valence-electron chi connectivity index (χ4n) is 12.6. The number of halogens is 1. The Labute approximate surface area is 579 Å². The Hall–Kier alpha value is -9.51. The van der Waals surface area contributed by atoms with E-state index in [4.69, 9.17) is 34.4 Å². The number of nitrogens with zero attached hydrogens (tertiary/aromatic N) is 3. The van der Waals surface area contributed by atoms with Gasteiger partial charge in [0.2, 0.25) is 41.4 Å². The number of carbonyl (C=O) groups is 12. The number of aryl methyl sites for hydroxylation is 1. The largest absolute Gasteiger partial charge is 0.458 e. The fraction of sp³-hybridized carbons (Fsp3) is 0.582. The SMILES string of the molecule is CC[C@@]1(O)C(=O)OCc2c1cc1n(c2=O)Cc2c-1nc1cc(F)c(C)c3c1c2[C@@H](NC(=O)C(C)(C)COCNC(=O)[C@H](C)NC(=O)[C@@H](NC(=O)[C@H](CCC(=O)NC[C@H]1O[C@@H](CC(N)=O)[C@H](O)[C@@H]1O)NC(=O)CCNC(=O)OCC[C@H](CNC(=O)OC(C)(C)C)N1C(=O)C=CC1=O)C(C)C)CC3. The Balaban J connectivity index is 0.852. The Morgan fingerprint density at radius 2 is 1.52 bits per heavy atom. The van der Waals surface area contributed by atoms with Crippen molar-refractivity contribution in [3.8, 4) is 11.4 Å². The molecule has 1 fully saturated rings. The lowest BCUT2D eigenvalue weighted by Crippen LogP contribution is -2.58. The lowest BCUT2D eigenvalue weighted by molar-refractivity contribution is -0.172. The number of fused-ring (bicyclic) bond motifs is 5. The highest BCUT2D eigenvalue weighted by molar-refractivity contribution is 6.13. The molecule has 34 heteroatoms. The molecule has 5 aliphatic rings. The molecule has 13 N–H and O–H groups in total. The van der Waals surface area contributed by atoms with Gasteiger partial charge in [-0.2, -0.15) is 0 Å². The van der Waals surface area contributed by atoms with Crippen LogP contribution in [0.2, 0.25) is 0 Å². The Morgan fingerprint density at radius 3 is 2.19 bits per heavy atom. The predicted molar refractivity (Wildman–Crippen MR) is 352 cm³/mol. The van der Waals surface area contributed by atoms with Gasteiger partial charge in [0.05, 0.1) is 72.2 Å². The van der Waals surface area contributed by atoms with E-state index < -0.39 is 192 Å². The van der Waals surface area contributed by atoms with Crippen molar-refractivity contribution in [3.05, 3.63) is 73.8 Å². The zero-order valence-corrected chi connectivity index (χ0v) is 57.9. The van der Waals surface area contributed by atoms with Crippen LogP contribution >= 0.6 is 0 Å². The summed E-state index contributed by atoms with van der Waals surface area (Å²) in [6, 6.07) is -2.90. The third-order valence-corrected chi connectivity index (χ3v) is 18.2. The molecular formula is C67H89FN12O21. The van der Waals surface area contributed by atoms with Gasteiger partial charge in [-0.15, -0.1) is 0 Å². The van der Waals surface area contributed by atoms with Gasteiger partial charge in [0.1, 0.15) is 61.2 Å². The van der Waals surface area contributed by atoms with Crippen LogP contribution in [0.25, 0.3) is 22.3 Å². The van der Waals surface area contributed by atoms with Gasteiger partial charge >= 0.3 is 18.2 Å². The van der Waals surface area contributed by atoms with Crippen LogP contribution in [0.3, 0.4) is 0 Å². The lowest BCUT2D eigenvalue weighted by atomic mass is 9.81. The summed E-state index contributed by atoms with van der Waals surface area (Å²) < 4.78 is 44.1. The molecule has 550 valence electrons. The number of imide groups is 1. The van der Waals surface area contributed by atoms with E-state index in [1.165, 1.54) is 17.6 Å². The molecule has 8 rings (SSSR count). The number of primary amides is 1. The first-order chi connectivity index (χ1) is 47.4. The van der Waals surface area contributed by atoms with Gasteiger partial charge in [0.25, 0.3) is 17.4 Å². The first-order valence-corrected chi connectivity index (χ1v) is 33.3. The number of nitrogens with two attached hydrogens (primary N) is 1. The van der Waals surface area contributed by atoms with Crippen LogP contribution in [0, 0.1) is 24.1 Å². The Morgan fingerprint density at radius 1 is 0.832 bits per heavy atom. The fourth-order valence-corrected chi connectivity index (χ4v) is 12.6. The second kappa shape index (κ2) is 32.0. The molecule has 1 aromatic carbocycles. The summed E-state index contributed by atoms with van der Waals surface area (Å²) >= 11 is 0. The van der Waals surface area contributed by atoms with E-state index >= 15 is 4.39 Å². The van der Waals surface area contributed by atoms with E-state index in [0.29, 0.717) is 51.9 Å². The standard InChI is InChI=1S/C67H89FN12O21/c1-11-67(96)38-22-43-54-36(27-79(43)60(91)37(38)28-99-62(67)93)52-40(13-12-35-32(4)39(68)23-42(76-54)51(35)52)77-61(92)66(9,10)29-97-30-73-57(88)33(5)74-59(90)53(31(2)3)78-58(89)41(14-15-47(82)71-26-45-56(87)55(86)44(100-45)24-46(69)81)75-48(83)18-20-70-63(94)98-21-19-34(80-49(84)16-17-50(80)85)25-72-64(95)101-65(6,7)8/h16-17,22-23,31,33-34,40-41,44-45,53,55-56,86-87,96H,11-15,18-21,24-30H2,1-10H3,(H2,69,81)(H,70,94)(H,71,82)(H,72,95)(H,73,88)(H,74,90)(H,75,83)(H,77,92)(H,78,89)/t33-,34+,40-,41-,44-,45+,53-,55-,56+,67-/m0/s1. The van der Waals surface area contributed by atoms with Crippen molar-refractivity contribution >= 4 is 82.2 Å². The Kier molecular flexibility index (Phi) is 24.5. The van der Waals surface area contributed by atoms with Crippen LogP contribution in [0.4, 0.5) is 14.0 Å². The van der Waals surface area contributed by atoms with Gasteiger partial charge in [0.15, 0.2) is 5.60 Å². The summed E-state index contributed by atoms with van der Waals surface area (Å²) in [6.45, 7) is 13.6. The number of aromatic nitrogens is 2. The number of hydrogen-bond acceptors (Lipinski definition) is 22. The Bertz CT molecular complexity index is 3870. The summed E-state index contributed by atoms with van der Waals surface area (Å²) in [5.74, 6) is -8.65. The van der Waals surface area contributed by atoms with Crippen molar-refractivity contribution < 1.29 is 101 Å². The van der Waals surface area contributed by atoms with E-state index in [1.54, 1.807) is 68.4 Å². The maximum absolute atomic E-state index is 15.6. The number of aliphatic hydroxyl groups excluding tert-OH is 2. The molecule has 11 amide bonds. The number of aliphatic hydroxyl groups is 3. The van der Waals surface area contributed by atoms with Crippen molar-refractivity contribution in [2.24, 2.45) is 17.1 Å². The number of amides is 11. The number of rotatable bonds is 30. The topological polar surface area (TPSA) is 472 Å². The minimum atomic E-state index is -2.09. The van der Waals surface area contributed by atoms with Gasteiger partial charge in [-0.05, 0) is 103 Å². The third-order valence-electron chi connectivity index (χ3n) is 18.2. The molecule has 6 heterocycles. The number of benzene rings is 1. The zero-order valence-electron chi connectivity index (χ0n) is 57.9.